The van der Waals surface area contributed by atoms with Crippen molar-refractivity contribution in [2.45, 2.75) is 114 Å². The molecule has 7 atom stereocenters. The van der Waals surface area contributed by atoms with Gasteiger partial charge in [0.1, 0.15) is 66.6 Å². The smallest absolute Gasteiger partial charge is 0.407 e. The first-order chi connectivity index (χ1) is 41.3. The van der Waals surface area contributed by atoms with E-state index in [9.17, 15) is 38.5 Å². The lowest BCUT2D eigenvalue weighted by molar-refractivity contribution is -0.219. The molecular formula is C62H60F4N10O10. The van der Waals surface area contributed by atoms with Crippen molar-refractivity contribution >= 4 is 50.5 Å². The number of alkyl halides is 1. The Labute approximate surface area is 489 Å². The van der Waals surface area contributed by atoms with Gasteiger partial charge in [0.05, 0.1) is 52.0 Å². The third-order valence-electron chi connectivity index (χ3n) is 18.2. The number of nitrogens with one attached hydrogen (secondary N) is 1. The largest absolute Gasteiger partial charge is 0.508 e. The van der Waals surface area contributed by atoms with Crippen LogP contribution >= 0.6 is 0 Å². The summed E-state index contributed by atoms with van der Waals surface area (Å²) in [6.07, 6.45) is 4.94. The molecule has 86 heavy (non-hydrogen) atoms. The Bertz CT molecular complexity index is 4130. The molecule has 0 spiro atoms. The lowest BCUT2D eigenvalue weighted by Gasteiger charge is -2.44. The molecule has 6 aliphatic heterocycles. The van der Waals surface area contributed by atoms with E-state index in [2.05, 4.69) is 32.7 Å². The maximum atomic E-state index is 17.4. The number of halogens is 4. The average molecular weight is 1180 g/mol. The van der Waals surface area contributed by atoms with Gasteiger partial charge in [0.15, 0.2) is 17.7 Å². The standard InChI is InChI=1S/C62H60F4N10O10/c1-5-37-45(64)11-8-32-15-36(77)16-39(50(32)37)53-51(66)54-41(21-68-53)55(72-59(71-54)85-29-61-12-7-13-74(61)23-33(63)19-61)73-24-34-9-10-35(25-73)76(34)56(79)31(4)27-84-60(82)69-22-49(78)86-62(6-2)44-17-48-52-42(26-75(48)57(80)43(44)28-83-58(62)81)40(20-67)38-14-30(3)46(65)18-47(38)70-52/h1,8,11,14-18,21,33-35,49,56,77-79H,4,6-7,9-10,12-13,19-20,22-29,67H2,2-3H3,(H,69,82). The maximum absolute atomic E-state index is 17.4. The van der Waals surface area contributed by atoms with Gasteiger partial charge in [-0.25, -0.2) is 32.1 Å². The van der Waals surface area contributed by atoms with Crippen LogP contribution in [0.4, 0.5) is 28.2 Å². The number of carbonyl (C=O) groups is 2. The number of esters is 1. The fourth-order valence-electron chi connectivity index (χ4n) is 14.1. The number of aliphatic hydroxyl groups is 2. The highest BCUT2D eigenvalue weighted by Crippen LogP contribution is 2.46. The van der Waals surface area contributed by atoms with Gasteiger partial charge in [-0.1, -0.05) is 25.5 Å². The van der Waals surface area contributed by atoms with Crippen molar-refractivity contribution in [1.82, 2.24) is 39.6 Å². The summed E-state index contributed by atoms with van der Waals surface area (Å²) in [4.78, 5) is 65.8. The molecule has 446 valence electrons. The minimum absolute atomic E-state index is 0.0324. The summed E-state index contributed by atoms with van der Waals surface area (Å²) in [5, 5.41) is 37.7. The van der Waals surface area contributed by atoms with E-state index in [0.29, 0.717) is 70.2 Å². The number of phenols is 1. The number of aromatic hydroxyl groups is 1. The molecule has 2 bridgehead atoms. The van der Waals surface area contributed by atoms with Crippen molar-refractivity contribution in [3.63, 3.8) is 0 Å². The number of rotatable bonds is 15. The summed E-state index contributed by atoms with van der Waals surface area (Å²) in [6.45, 7) is 7.66. The van der Waals surface area contributed by atoms with Gasteiger partial charge in [0, 0.05) is 90.0 Å². The molecule has 6 aliphatic rings. The number of fused-ring (bicyclic) bond motifs is 10. The molecule has 3 aromatic carbocycles. The lowest BCUT2D eigenvalue weighted by atomic mass is 9.85. The molecule has 7 aromatic rings. The fraction of sp³-hybridized carbons (Fsp3) is 0.403. The quantitative estimate of drug-likeness (QED) is 0.0246. The number of nitrogens with zero attached hydrogens (tertiary/aromatic N) is 8. The first-order valence-electron chi connectivity index (χ1n) is 28.6. The topological polar surface area (TPSA) is 253 Å². The molecule has 1 amide bonds. The van der Waals surface area contributed by atoms with Crippen LogP contribution in [-0.4, -0.2) is 144 Å². The zero-order valence-electron chi connectivity index (χ0n) is 47.0. The number of aliphatic hydroxyl groups excluding tert-OH is 2. The Kier molecular flexibility index (Phi) is 14.3. The Morgan fingerprint density at radius 2 is 1.81 bits per heavy atom. The summed E-state index contributed by atoms with van der Waals surface area (Å²) in [5.74, 6) is -0.572. The number of benzene rings is 3. The van der Waals surface area contributed by atoms with E-state index in [1.807, 2.05) is 9.80 Å². The van der Waals surface area contributed by atoms with Crippen LogP contribution in [0.1, 0.15) is 78.8 Å². The van der Waals surface area contributed by atoms with Crippen molar-refractivity contribution in [3.8, 4) is 46.7 Å². The Morgan fingerprint density at radius 3 is 2.57 bits per heavy atom. The molecule has 6 N–H and O–H groups in total. The van der Waals surface area contributed by atoms with E-state index in [0.717, 1.165) is 6.42 Å². The highest BCUT2D eigenvalue weighted by molar-refractivity contribution is 6.03. The van der Waals surface area contributed by atoms with E-state index in [-0.39, 0.29) is 138 Å². The third-order valence-corrected chi connectivity index (χ3v) is 18.2. The number of carbonyl (C=O) groups excluding carboxylic acids is 2. The molecule has 24 heteroatoms. The second kappa shape index (κ2) is 21.6. The zero-order chi connectivity index (χ0) is 60.2. The molecule has 7 unspecified atom stereocenters. The van der Waals surface area contributed by atoms with Gasteiger partial charge in [0.25, 0.3) is 5.56 Å². The minimum Gasteiger partial charge on any atom is -0.508 e. The molecule has 13 rings (SSSR count). The van der Waals surface area contributed by atoms with Crippen molar-refractivity contribution in [2.75, 3.05) is 50.8 Å². The average Bonchev–Trinajstić information content (AvgIpc) is 1.47. The number of ether oxygens (including phenoxy) is 4. The SMILES string of the molecule is C#Cc1c(F)ccc2cc(O)cc(-c3ncc4c(N5CC6CCC(C5)N6C(O)C(=C)COC(=O)NCC(O)OC5(CC)C(=O)OCc6c5cc5n(c6=O)Cc6c-5nc5cc(F)c(C)cc5c6CN)nc(OCC56CCCN5CC(F)C6)nc4c3F)c12. The number of pyridine rings is 3. The fourth-order valence-corrected chi connectivity index (χ4v) is 14.1. The van der Waals surface area contributed by atoms with Crippen LogP contribution in [0, 0.1) is 36.7 Å². The number of aromatic nitrogens is 5. The number of aryl methyl sites for hydroxylation is 1. The predicted octanol–water partition coefficient (Wildman–Crippen LogP) is 6.36. The number of anilines is 1. The van der Waals surface area contributed by atoms with Gasteiger partial charge in [-0.15, -0.1) is 6.42 Å². The Hall–Kier alpha value is -8.31. The second-order valence-corrected chi connectivity index (χ2v) is 23.1. The number of hydrogen-bond donors (Lipinski definition) is 5. The minimum atomic E-state index is -2.00. The van der Waals surface area contributed by atoms with Crippen molar-refractivity contribution in [2.24, 2.45) is 5.73 Å². The van der Waals surface area contributed by atoms with E-state index < -0.39 is 78.1 Å². The highest BCUT2D eigenvalue weighted by Gasteiger charge is 2.52. The van der Waals surface area contributed by atoms with Crippen LogP contribution < -0.4 is 26.2 Å². The first-order valence-corrected chi connectivity index (χ1v) is 28.6. The zero-order valence-corrected chi connectivity index (χ0v) is 47.0. The third kappa shape index (κ3) is 9.25. The highest BCUT2D eigenvalue weighted by atomic mass is 19.1. The van der Waals surface area contributed by atoms with Crippen LogP contribution in [0.3, 0.4) is 0 Å². The summed E-state index contributed by atoms with van der Waals surface area (Å²) < 4.78 is 87.1. The van der Waals surface area contributed by atoms with E-state index in [4.69, 9.17) is 41.1 Å². The maximum Gasteiger partial charge on any atom is 0.407 e. The van der Waals surface area contributed by atoms with Crippen molar-refractivity contribution in [3.05, 3.63) is 122 Å². The van der Waals surface area contributed by atoms with E-state index >= 15 is 8.78 Å². The number of piperazine rings is 1. The van der Waals surface area contributed by atoms with Crippen LogP contribution in [-0.2, 0) is 44.3 Å². The molecule has 10 heterocycles. The number of hydrogen-bond acceptors (Lipinski definition) is 18. The number of amides is 1. The number of alkyl carbamates (subject to hydrolysis) is 1. The van der Waals surface area contributed by atoms with Gasteiger partial charge >= 0.3 is 18.1 Å². The van der Waals surface area contributed by atoms with Gasteiger partial charge < -0.3 is 54.8 Å². The van der Waals surface area contributed by atoms with E-state index in [1.54, 1.807) is 26.0 Å². The number of nitrogens with two attached hydrogens (primary N) is 1. The van der Waals surface area contributed by atoms with Gasteiger partial charge in [0.2, 0.25) is 0 Å². The summed E-state index contributed by atoms with van der Waals surface area (Å²) in [5.41, 5.74) is 5.85. The summed E-state index contributed by atoms with van der Waals surface area (Å²) >= 11 is 0. The predicted molar refractivity (Wildman–Crippen MR) is 306 cm³/mol. The first kappa shape index (κ1) is 56.8. The summed E-state index contributed by atoms with van der Waals surface area (Å²) in [7, 11) is 0. The van der Waals surface area contributed by atoms with Crippen molar-refractivity contribution < 1.29 is 61.4 Å². The van der Waals surface area contributed by atoms with Crippen LogP contribution in [0.5, 0.6) is 11.8 Å². The second-order valence-electron chi connectivity index (χ2n) is 23.1. The van der Waals surface area contributed by atoms with Gasteiger partial charge in [-0.05, 0) is 92.4 Å². The van der Waals surface area contributed by atoms with Crippen LogP contribution in [0.2, 0.25) is 0 Å². The molecular weight excluding hydrogens is 1120 g/mol. The Morgan fingerprint density at radius 1 is 1.02 bits per heavy atom. The van der Waals surface area contributed by atoms with Gasteiger partial charge in [-0.3, -0.25) is 19.6 Å². The van der Waals surface area contributed by atoms with Crippen LogP contribution in [0.25, 0.3) is 55.2 Å². The monoisotopic (exact) mass is 1180 g/mol. The number of cyclic esters (lactones) is 1. The molecule has 4 fully saturated rings. The normalized spacial score (nSPS) is 23.0. The molecule has 0 saturated carbocycles. The van der Waals surface area contributed by atoms with Gasteiger partial charge in [-0.2, -0.15) is 9.97 Å². The van der Waals surface area contributed by atoms with Crippen molar-refractivity contribution in [1.29, 1.82) is 0 Å². The van der Waals surface area contributed by atoms with Crippen LogP contribution in [0.15, 0.2) is 65.6 Å². The lowest BCUT2D eigenvalue weighted by Crippen LogP contribution is -2.58. The Balaban J connectivity index is 0.699. The molecule has 20 nitrogen and oxygen atoms in total. The molecule has 0 aliphatic carbocycles. The summed E-state index contributed by atoms with van der Waals surface area (Å²) in [6, 6.07) is 9.01. The van der Waals surface area contributed by atoms with E-state index in [1.165, 1.54) is 41.1 Å². The molecule has 0 radical (unpaired) electrons. The number of phenolic OH excluding ortho intramolecular Hbond substituents is 1. The molecule has 4 saturated heterocycles. The number of terminal acetylenes is 1. The molecule has 4 aromatic heterocycles.